The van der Waals surface area contributed by atoms with Gasteiger partial charge in [0.2, 0.25) is 0 Å². The van der Waals surface area contributed by atoms with Gasteiger partial charge in [0.25, 0.3) is 0 Å². The number of hydrogen-bond donors (Lipinski definition) is 1. The molecule has 0 spiro atoms. The zero-order chi connectivity index (χ0) is 15.4. The molecule has 112 valence electrons. The molecule has 1 N–H and O–H groups in total. The van der Waals surface area contributed by atoms with E-state index >= 15 is 0 Å². The molecule has 1 unspecified atom stereocenters. The van der Waals surface area contributed by atoms with Gasteiger partial charge in [-0.25, -0.2) is 8.78 Å². The molecular formula is C17H18ClF2N. The summed E-state index contributed by atoms with van der Waals surface area (Å²) in [5, 5.41) is 3.29. The summed E-state index contributed by atoms with van der Waals surface area (Å²) < 4.78 is 27.3. The Morgan fingerprint density at radius 3 is 2.52 bits per heavy atom. The Balaban J connectivity index is 2.17. The Hall–Kier alpha value is -1.45. The standard InChI is InChI=1S/C17H18ClF2N/c1-11-6-7-14(19)8-13(11)10-15(21-2)9-12-4-3-5-16(18)17(12)20/h3-8,15,21H,9-10H2,1-2H3. The molecule has 0 amide bonds. The Bertz CT molecular complexity index is 624. The van der Waals surface area contributed by atoms with Gasteiger partial charge in [-0.2, -0.15) is 0 Å². The van der Waals surface area contributed by atoms with E-state index < -0.39 is 0 Å². The zero-order valence-corrected chi connectivity index (χ0v) is 12.8. The highest BCUT2D eigenvalue weighted by Crippen LogP contribution is 2.20. The molecule has 1 nitrogen and oxygen atoms in total. The molecule has 0 aromatic heterocycles. The molecule has 2 aromatic rings. The lowest BCUT2D eigenvalue weighted by Crippen LogP contribution is -2.30. The molecule has 0 aliphatic heterocycles. The first-order valence-corrected chi connectivity index (χ1v) is 7.24. The predicted molar refractivity (Wildman–Crippen MR) is 82.8 cm³/mol. The number of aryl methyl sites for hydroxylation is 1. The lowest BCUT2D eigenvalue weighted by atomic mass is 9.96. The Kier molecular flexibility index (Phi) is 5.32. The van der Waals surface area contributed by atoms with Crippen molar-refractivity contribution >= 4 is 11.6 Å². The third kappa shape index (κ3) is 4.02. The topological polar surface area (TPSA) is 12.0 Å². The van der Waals surface area contributed by atoms with Crippen LogP contribution in [0, 0.1) is 18.6 Å². The van der Waals surface area contributed by atoms with Gasteiger partial charge in [0.1, 0.15) is 11.6 Å². The molecule has 0 bridgehead atoms. The van der Waals surface area contributed by atoms with Crippen molar-refractivity contribution in [3.05, 3.63) is 69.7 Å². The minimum atomic E-state index is -0.379. The van der Waals surface area contributed by atoms with Gasteiger partial charge in [-0.15, -0.1) is 0 Å². The molecule has 4 heteroatoms. The molecule has 0 fully saturated rings. The molecule has 0 aliphatic rings. The minimum absolute atomic E-state index is 0.0125. The molecule has 2 aromatic carbocycles. The summed E-state index contributed by atoms with van der Waals surface area (Å²) in [5.74, 6) is -0.630. The van der Waals surface area contributed by atoms with Gasteiger partial charge in [-0.05, 0) is 61.7 Å². The summed E-state index contributed by atoms with van der Waals surface area (Å²) in [6.07, 6.45) is 1.13. The van der Waals surface area contributed by atoms with Gasteiger partial charge < -0.3 is 5.32 Å². The monoisotopic (exact) mass is 309 g/mol. The average Bonchev–Trinajstić information content (AvgIpc) is 2.46. The largest absolute Gasteiger partial charge is 0.316 e. The molecule has 0 aliphatic carbocycles. The number of halogens is 3. The van der Waals surface area contributed by atoms with E-state index in [0.29, 0.717) is 18.4 Å². The van der Waals surface area contributed by atoms with Crippen LogP contribution in [0.5, 0.6) is 0 Å². The first kappa shape index (κ1) is 15.9. The minimum Gasteiger partial charge on any atom is -0.316 e. The van der Waals surface area contributed by atoms with Gasteiger partial charge in [0.05, 0.1) is 5.02 Å². The molecule has 1 atom stereocenters. The summed E-state index contributed by atoms with van der Waals surface area (Å²) in [7, 11) is 1.82. The van der Waals surface area contributed by atoms with E-state index in [1.165, 1.54) is 18.2 Å². The van der Waals surface area contributed by atoms with Crippen molar-refractivity contribution in [2.75, 3.05) is 7.05 Å². The molecule has 0 saturated heterocycles. The fourth-order valence-corrected chi connectivity index (χ4v) is 2.57. The van der Waals surface area contributed by atoms with Crippen LogP contribution in [0.1, 0.15) is 16.7 Å². The number of rotatable bonds is 5. The van der Waals surface area contributed by atoms with Crippen LogP contribution in [0.15, 0.2) is 36.4 Å². The smallest absolute Gasteiger partial charge is 0.145 e. The van der Waals surface area contributed by atoms with E-state index in [-0.39, 0.29) is 22.7 Å². The average molecular weight is 310 g/mol. The van der Waals surface area contributed by atoms with Gasteiger partial charge in [-0.1, -0.05) is 29.8 Å². The van der Waals surface area contributed by atoms with Crippen LogP contribution in [0.2, 0.25) is 5.02 Å². The van der Waals surface area contributed by atoms with Crippen LogP contribution >= 0.6 is 11.6 Å². The van der Waals surface area contributed by atoms with E-state index in [0.717, 1.165) is 11.1 Å². The highest BCUT2D eigenvalue weighted by atomic mass is 35.5. The van der Waals surface area contributed by atoms with Crippen molar-refractivity contribution in [2.45, 2.75) is 25.8 Å². The van der Waals surface area contributed by atoms with Crippen molar-refractivity contribution in [1.29, 1.82) is 0 Å². The SMILES string of the molecule is CNC(Cc1cc(F)ccc1C)Cc1cccc(Cl)c1F. The van der Waals surface area contributed by atoms with Crippen molar-refractivity contribution in [3.8, 4) is 0 Å². The Morgan fingerprint density at radius 1 is 1.10 bits per heavy atom. The highest BCUT2D eigenvalue weighted by molar-refractivity contribution is 6.30. The molecule has 2 rings (SSSR count). The molecule has 0 heterocycles. The first-order chi connectivity index (χ1) is 10.0. The van der Waals surface area contributed by atoms with Crippen molar-refractivity contribution in [2.24, 2.45) is 0 Å². The predicted octanol–water partition coefficient (Wildman–Crippen LogP) is 4.30. The summed E-state index contributed by atoms with van der Waals surface area (Å²) in [6, 6.07) is 9.75. The third-order valence-corrected chi connectivity index (χ3v) is 3.98. The van der Waals surface area contributed by atoms with E-state index in [1.54, 1.807) is 18.2 Å². The maximum absolute atomic E-state index is 14.0. The molecule has 0 saturated carbocycles. The van der Waals surface area contributed by atoms with E-state index in [4.69, 9.17) is 11.6 Å². The van der Waals surface area contributed by atoms with Crippen LogP contribution in [0.25, 0.3) is 0 Å². The number of benzene rings is 2. The lowest BCUT2D eigenvalue weighted by Gasteiger charge is -2.18. The van der Waals surface area contributed by atoms with Crippen LogP contribution in [0.4, 0.5) is 8.78 Å². The molecule has 0 radical (unpaired) electrons. The Morgan fingerprint density at radius 2 is 1.81 bits per heavy atom. The number of likely N-dealkylation sites (N-methyl/N-ethyl adjacent to an activating group) is 1. The van der Waals surface area contributed by atoms with Gasteiger partial charge >= 0.3 is 0 Å². The van der Waals surface area contributed by atoms with E-state index in [2.05, 4.69) is 5.32 Å². The molecular weight excluding hydrogens is 292 g/mol. The second-order valence-electron chi connectivity index (χ2n) is 5.18. The lowest BCUT2D eigenvalue weighted by molar-refractivity contribution is 0.529. The first-order valence-electron chi connectivity index (χ1n) is 6.86. The van der Waals surface area contributed by atoms with Gasteiger partial charge in [-0.3, -0.25) is 0 Å². The third-order valence-electron chi connectivity index (χ3n) is 3.68. The van der Waals surface area contributed by atoms with Crippen LogP contribution in [-0.4, -0.2) is 13.1 Å². The number of hydrogen-bond acceptors (Lipinski definition) is 1. The maximum atomic E-state index is 14.0. The van der Waals surface area contributed by atoms with Crippen LogP contribution < -0.4 is 5.32 Å². The van der Waals surface area contributed by atoms with E-state index in [1.807, 2.05) is 14.0 Å². The fourth-order valence-electron chi connectivity index (χ4n) is 2.37. The normalized spacial score (nSPS) is 12.4. The number of nitrogens with one attached hydrogen (secondary N) is 1. The van der Waals surface area contributed by atoms with Crippen LogP contribution in [-0.2, 0) is 12.8 Å². The zero-order valence-electron chi connectivity index (χ0n) is 12.1. The van der Waals surface area contributed by atoms with Crippen molar-refractivity contribution < 1.29 is 8.78 Å². The summed E-state index contributed by atoms with van der Waals surface area (Å²) in [4.78, 5) is 0. The van der Waals surface area contributed by atoms with Gasteiger partial charge in [0.15, 0.2) is 0 Å². The Labute approximate surface area is 128 Å². The van der Waals surface area contributed by atoms with Crippen molar-refractivity contribution in [3.63, 3.8) is 0 Å². The van der Waals surface area contributed by atoms with E-state index in [9.17, 15) is 8.78 Å². The summed E-state index contributed by atoms with van der Waals surface area (Å²) in [5.41, 5.74) is 2.52. The van der Waals surface area contributed by atoms with Crippen molar-refractivity contribution in [1.82, 2.24) is 5.32 Å². The van der Waals surface area contributed by atoms with Gasteiger partial charge in [0, 0.05) is 6.04 Å². The quantitative estimate of drug-likeness (QED) is 0.868. The summed E-state index contributed by atoms with van der Waals surface area (Å²) >= 11 is 5.80. The highest BCUT2D eigenvalue weighted by Gasteiger charge is 2.14. The molecule has 21 heavy (non-hydrogen) atoms. The second kappa shape index (κ2) is 7.01. The van der Waals surface area contributed by atoms with Crippen LogP contribution in [0.3, 0.4) is 0 Å². The summed E-state index contributed by atoms with van der Waals surface area (Å²) in [6.45, 7) is 1.95. The fraction of sp³-hybridized carbons (Fsp3) is 0.294. The second-order valence-corrected chi connectivity index (χ2v) is 5.58. The maximum Gasteiger partial charge on any atom is 0.145 e.